The van der Waals surface area contributed by atoms with E-state index in [4.69, 9.17) is 4.98 Å². The number of aryl methyl sites for hydroxylation is 1. The van der Waals surface area contributed by atoms with E-state index in [1.807, 2.05) is 43.5 Å². The van der Waals surface area contributed by atoms with Gasteiger partial charge in [0.05, 0.1) is 27.7 Å². The molecule has 33 heavy (non-hydrogen) atoms. The van der Waals surface area contributed by atoms with E-state index in [0.29, 0.717) is 10.8 Å². The number of benzene rings is 1. The van der Waals surface area contributed by atoms with Crippen LogP contribution in [0, 0.1) is 12.8 Å². The molecule has 6 nitrogen and oxygen atoms in total. The van der Waals surface area contributed by atoms with Gasteiger partial charge in [-0.15, -0.1) is 0 Å². The minimum atomic E-state index is -3.23. The molecule has 0 saturated carbocycles. The van der Waals surface area contributed by atoms with Gasteiger partial charge in [-0.3, -0.25) is 9.97 Å². The summed E-state index contributed by atoms with van der Waals surface area (Å²) in [5.74, 6) is 0.529. The lowest BCUT2D eigenvalue weighted by molar-refractivity contribution is 0.164. The molecule has 3 aromatic rings. The topological polar surface area (TPSA) is 75.2 Å². The van der Waals surface area contributed by atoms with Gasteiger partial charge in [0, 0.05) is 35.8 Å². The zero-order valence-electron chi connectivity index (χ0n) is 19.1. The Morgan fingerprint density at radius 3 is 2.55 bits per heavy atom. The fourth-order valence-corrected chi connectivity index (χ4v) is 5.45. The lowest BCUT2D eigenvalue weighted by Gasteiger charge is -2.37. The third-order valence-corrected chi connectivity index (χ3v) is 7.63. The molecule has 2 aliphatic rings. The molecule has 2 atom stereocenters. The first kappa shape index (κ1) is 21.6. The molecule has 1 saturated heterocycles. The molecule has 0 spiro atoms. The number of hydrogen-bond donors (Lipinski definition) is 1. The maximum atomic E-state index is 11.8. The average Bonchev–Trinajstić information content (AvgIpc) is 3.20. The fraction of sp³-hybridized carbons (Fsp3) is 0.308. The number of aromatic nitrogens is 2. The van der Waals surface area contributed by atoms with E-state index in [9.17, 15) is 8.42 Å². The molecule has 5 rings (SSSR count). The van der Waals surface area contributed by atoms with Crippen LogP contribution in [0.5, 0.6) is 0 Å². The molecule has 4 heterocycles. The van der Waals surface area contributed by atoms with E-state index in [2.05, 4.69) is 34.3 Å². The summed E-state index contributed by atoms with van der Waals surface area (Å²) in [5, 5.41) is 3.77. The molecule has 0 bridgehead atoms. The van der Waals surface area contributed by atoms with E-state index in [1.54, 1.807) is 12.1 Å². The average molecular weight is 461 g/mol. The molecule has 1 unspecified atom stereocenters. The van der Waals surface area contributed by atoms with Crippen LogP contribution >= 0.6 is 0 Å². The molecule has 1 fully saturated rings. The normalized spacial score (nSPS) is 20.5. The van der Waals surface area contributed by atoms with E-state index < -0.39 is 9.84 Å². The van der Waals surface area contributed by atoms with E-state index in [-0.39, 0.29) is 6.17 Å². The minimum absolute atomic E-state index is 0.247. The third kappa shape index (κ3) is 4.13. The van der Waals surface area contributed by atoms with Gasteiger partial charge < -0.3 is 10.2 Å². The number of rotatable bonds is 4. The summed E-state index contributed by atoms with van der Waals surface area (Å²) in [6.07, 6.45) is 5.64. The molecule has 0 radical (unpaired) electrons. The van der Waals surface area contributed by atoms with Gasteiger partial charge in [-0.2, -0.15) is 0 Å². The van der Waals surface area contributed by atoms with E-state index in [0.717, 1.165) is 52.6 Å². The summed E-state index contributed by atoms with van der Waals surface area (Å²) in [6.45, 7) is 5.31. The minimum Gasteiger partial charge on any atom is -0.361 e. The highest BCUT2D eigenvalue weighted by Crippen LogP contribution is 2.40. The predicted molar refractivity (Wildman–Crippen MR) is 131 cm³/mol. The standard InChI is InChI=1S/C26H28N4O2S/c1-17-6-5-15-30-25(24(29-26(17)30)22-8-4-7-18(2)28-22)20-13-14-27-23(16-20)19-9-11-21(12-10-19)33(3,31)32/h4,7-14,16-17,26,29H,5-6,15H2,1-3H3/t17-,26?/m0/s1. The van der Waals surface area contributed by atoms with Crippen LogP contribution in [0.4, 0.5) is 0 Å². The molecule has 2 aliphatic heterocycles. The molecule has 1 N–H and O–H groups in total. The Bertz CT molecular complexity index is 1330. The van der Waals surface area contributed by atoms with Crippen LogP contribution in [0.25, 0.3) is 22.7 Å². The first-order valence-corrected chi connectivity index (χ1v) is 13.2. The van der Waals surface area contributed by atoms with Gasteiger partial charge in [-0.05, 0) is 62.1 Å². The quantitative estimate of drug-likeness (QED) is 0.624. The van der Waals surface area contributed by atoms with Crippen LogP contribution in [-0.2, 0) is 9.84 Å². The van der Waals surface area contributed by atoms with Crippen molar-refractivity contribution in [1.29, 1.82) is 0 Å². The Labute approximate surface area is 195 Å². The maximum absolute atomic E-state index is 11.8. The second kappa shape index (κ2) is 8.30. The van der Waals surface area contributed by atoms with Crippen molar-refractivity contribution in [2.75, 3.05) is 12.8 Å². The highest BCUT2D eigenvalue weighted by atomic mass is 32.2. The van der Waals surface area contributed by atoms with Crippen molar-refractivity contribution in [2.24, 2.45) is 5.92 Å². The van der Waals surface area contributed by atoms with Gasteiger partial charge in [-0.1, -0.05) is 25.1 Å². The van der Waals surface area contributed by atoms with Crippen LogP contribution in [0.3, 0.4) is 0 Å². The largest absolute Gasteiger partial charge is 0.361 e. The van der Waals surface area contributed by atoms with Crippen molar-refractivity contribution in [2.45, 2.75) is 37.8 Å². The van der Waals surface area contributed by atoms with Crippen molar-refractivity contribution in [1.82, 2.24) is 20.2 Å². The molecular formula is C26H28N4O2S. The summed E-state index contributed by atoms with van der Waals surface area (Å²) < 4.78 is 23.6. The van der Waals surface area contributed by atoms with Gasteiger partial charge in [0.2, 0.25) is 0 Å². The summed E-state index contributed by atoms with van der Waals surface area (Å²) in [6, 6.07) is 17.2. The maximum Gasteiger partial charge on any atom is 0.175 e. The lowest BCUT2D eigenvalue weighted by Crippen LogP contribution is -2.45. The Balaban J connectivity index is 1.60. The third-order valence-electron chi connectivity index (χ3n) is 6.51. The Hall–Kier alpha value is -3.19. The number of pyridine rings is 2. The van der Waals surface area contributed by atoms with Crippen molar-refractivity contribution < 1.29 is 8.42 Å². The molecule has 170 valence electrons. The van der Waals surface area contributed by atoms with Crippen molar-refractivity contribution in [3.8, 4) is 11.3 Å². The number of nitrogens with zero attached hydrogens (tertiary/aromatic N) is 3. The van der Waals surface area contributed by atoms with Crippen LogP contribution in [0.2, 0.25) is 0 Å². The first-order valence-electron chi connectivity index (χ1n) is 11.3. The molecular weight excluding hydrogens is 432 g/mol. The smallest absolute Gasteiger partial charge is 0.175 e. The highest BCUT2D eigenvalue weighted by molar-refractivity contribution is 7.90. The Morgan fingerprint density at radius 2 is 1.82 bits per heavy atom. The fourth-order valence-electron chi connectivity index (χ4n) is 4.81. The van der Waals surface area contributed by atoms with Crippen LogP contribution in [0.15, 0.2) is 65.7 Å². The summed E-state index contributed by atoms with van der Waals surface area (Å²) in [7, 11) is -3.23. The second-order valence-electron chi connectivity index (χ2n) is 9.02. The summed E-state index contributed by atoms with van der Waals surface area (Å²) in [4.78, 5) is 12.2. The summed E-state index contributed by atoms with van der Waals surface area (Å²) in [5.41, 5.74) is 6.92. The lowest BCUT2D eigenvalue weighted by atomic mass is 9.96. The SMILES string of the molecule is Cc1cccc(C2=C(c3ccnc(-c4ccc(S(C)(=O)=O)cc4)c3)N3CCC[C@H](C)C3N2)n1. The van der Waals surface area contributed by atoms with Gasteiger partial charge in [0.25, 0.3) is 0 Å². The van der Waals surface area contributed by atoms with E-state index >= 15 is 0 Å². The number of piperidine rings is 1. The second-order valence-corrected chi connectivity index (χ2v) is 11.0. The van der Waals surface area contributed by atoms with Gasteiger partial charge in [0.15, 0.2) is 9.84 Å². The molecule has 0 amide bonds. The van der Waals surface area contributed by atoms with E-state index in [1.165, 1.54) is 12.7 Å². The van der Waals surface area contributed by atoms with Crippen LogP contribution in [0.1, 0.15) is 36.7 Å². The van der Waals surface area contributed by atoms with Gasteiger partial charge >= 0.3 is 0 Å². The molecule has 0 aliphatic carbocycles. The van der Waals surface area contributed by atoms with Crippen LogP contribution in [-0.4, -0.2) is 42.3 Å². The molecule has 2 aromatic heterocycles. The Morgan fingerprint density at radius 1 is 1.03 bits per heavy atom. The monoisotopic (exact) mass is 460 g/mol. The predicted octanol–water partition coefficient (Wildman–Crippen LogP) is 4.34. The molecule has 7 heteroatoms. The zero-order valence-corrected chi connectivity index (χ0v) is 19.9. The highest BCUT2D eigenvalue weighted by Gasteiger charge is 2.38. The van der Waals surface area contributed by atoms with Gasteiger partial charge in [0.1, 0.15) is 6.17 Å². The Kier molecular flexibility index (Phi) is 5.44. The van der Waals surface area contributed by atoms with Crippen molar-refractivity contribution >= 4 is 21.2 Å². The molecule has 1 aromatic carbocycles. The van der Waals surface area contributed by atoms with Crippen molar-refractivity contribution in [3.05, 3.63) is 77.7 Å². The number of sulfone groups is 1. The zero-order chi connectivity index (χ0) is 23.2. The van der Waals surface area contributed by atoms with Crippen LogP contribution < -0.4 is 5.32 Å². The van der Waals surface area contributed by atoms with Gasteiger partial charge in [-0.25, -0.2) is 8.42 Å². The first-order chi connectivity index (χ1) is 15.8. The number of fused-ring (bicyclic) bond motifs is 1. The summed E-state index contributed by atoms with van der Waals surface area (Å²) >= 11 is 0. The number of nitrogens with one attached hydrogen (secondary N) is 1. The van der Waals surface area contributed by atoms with Crippen molar-refractivity contribution in [3.63, 3.8) is 0 Å². The number of hydrogen-bond acceptors (Lipinski definition) is 6.